The predicted molar refractivity (Wildman–Crippen MR) is 116 cm³/mol. The molecule has 0 saturated carbocycles. The molecular weight excluding hydrogens is 346 g/mol. The Labute approximate surface area is 170 Å². The number of unbranched alkanes of at least 4 members (excludes halogenated alkanes) is 8. The summed E-state index contributed by atoms with van der Waals surface area (Å²) in [5, 5.41) is 7.61. The van der Waals surface area contributed by atoms with Crippen molar-refractivity contribution in [3.8, 4) is 11.4 Å². The standard InChI is InChI=1S/C24H37N3O/c1-2-3-4-5-6-7-8-9-10-12-20-14-16-21(17-15-20)23-26-24(28-27-23)22-13-11-18-25-19-22/h14-17,22,25H,2-13,18-19H2,1H3/t22-/m1/s1. The van der Waals surface area contributed by atoms with E-state index >= 15 is 0 Å². The quantitative estimate of drug-likeness (QED) is 0.438. The molecule has 2 aromatic rings. The van der Waals surface area contributed by atoms with Gasteiger partial charge in [0.1, 0.15) is 0 Å². The van der Waals surface area contributed by atoms with Crippen LogP contribution in [0.3, 0.4) is 0 Å². The second-order valence-electron chi connectivity index (χ2n) is 8.27. The summed E-state index contributed by atoms with van der Waals surface area (Å²) in [4.78, 5) is 4.64. The molecule has 0 amide bonds. The van der Waals surface area contributed by atoms with Gasteiger partial charge in [0.2, 0.25) is 11.7 Å². The number of nitrogens with zero attached hydrogens (tertiary/aromatic N) is 2. The van der Waals surface area contributed by atoms with Gasteiger partial charge in [-0.15, -0.1) is 0 Å². The first kappa shape index (κ1) is 21.0. The minimum absolute atomic E-state index is 0.362. The number of aromatic nitrogens is 2. The predicted octanol–water partition coefficient (Wildman–Crippen LogP) is 6.28. The Morgan fingerprint density at radius 1 is 0.964 bits per heavy atom. The lowest BCUT2D eigenvalue weighted by molar-refractivity contribution is 0.322. The van der Waals surface area contributed by atoms with Crippen LogP contribution >= 0.6 is 0 Å². The molecule has 154 valence electrons. The van der Waals surface area contributed by atoms with Crippen molar-refractivity contribution in [2.24, 2.45) is 0 Å². The maximum atomic E-state index is 5.52. The molecule has 1 aliphatic heterocycles. The molecule has 1 N–H and O–H groups in total. The number of hydrogen-bond donors (Lipinski definition) is 1. The van der Waals surface area contributed by atoms with Gasteiger partial charge in [-0.1, -0.05) is 87.7 Å². The first-order valence-corrected chi connectivity index (χ1v) is 11.5. The summed E-state index contributed by atoms with van der Waals surface area (Å²) in [5.41, 5.74) is 2.46. The molecule has 1 saturated heterocycles. The molecule has 0 spiro atoms. The Kier molecular flexibility index (Phi) is 9.02. The summed E-state index contributed by atoms with van der Waals surface area (Å²) in [7, 11) is 0. The van der Waals surface area contributed by atoms with Gasteiger partial charge in [0.25, 0.3) is 0 Å². The summed E-state index contributed by atoms with van der Waals surface area (Å²) < 4.78 is 5.52. The third-order valence-electron chi connectivity index (χ3n) is 5.87. The average Bonchev–Trinajstić information content (AvgIpc) is 3.24. The fourth-order valence-corrected chi connectivity index (χ4v) is 4.04. The number of piperidine rings is 1. The summed E-state index contributed by atoms with van der Waals surface area (Å²) in [6.07, 6.45) is 15.9. The van der Waals surface area contributed by atoms with E-state index in [0.717, 1.165) is 36.8 Å². The maximum absolute atomic E-state index is 5.52. The van der Waals surface area contributed by atoms with E-state index in [-0.39, 0.29) is 0 Å². The molecule has 1 atom stereocenters. The van der Waals surface area contributed by atoms with E-state index in [9.17, 15) is 0 Å². The fraction of sp³-hybridized carbons (Fsp3) is 0.667. The maximum Gasteiger partial charge on any atom is 0.231 e. The van der Waals surface area contributed by atoms with Crippen molar-refractivity contribution >= 4 is 0 Å². The highest BCUT2D eigenvalue weighted by atomic mass is 16.5. The Hall–Kier alpha value is -1.68. The lowest BCUT2D eigenvalue weighted by Gasteiger charge is -2.18. The molecule has 1 aromatic heterocycles. The van der Waals surface area contributed by atoms with Crippen LogP contribution in [0.15, 0.2) is 28.8 Å². The van der Waals surface area contributed by atoms with Gasteiger partial charge in [0, 0.05) is 12.1 Å². The molecule has 1 aromatic carbocycles. The van der Waals surface area contributed by atoms with Gasteiger partial charge < -0.3 is 9.84 Å². The van der Waals surface area contributed by atoms with Crippen LogP contribution in [0.1, 0.15) is 94.9 Å². The third-order valence-corrected chi connectivity index (χ3v) is 5.87. The molecule has 3 rings (SSSR count). The number of aryl methyl sites for hydroxylation is 1. The lowest BCUT2D eigenvalue weighted by Crippen LogP contribution is -2.28. The molecule has 4 nitrogen and oxygen atoms in total. The third kappa shape index (κ3) is 6.73. The zero-order valence-corrected chi connectivity index (χ0v) is 17.6. The summed E-state index contributed by atoms with van der Waals surface area (Å²) in [6, 6.07) is 8.71. The zero-order chi connectivity index (χ0) is 19.4. The first-order valence-electron chi connectivity index (χ1n) is 11.5. The molecule has 0 aliphatic carbocycles. The van der Waals surface area contributed by atoms with Gasteiger partial charge in [0.15, 0.2) is 0 Å². The molecule has 2 heterocycles. The topological polar surface area (TPSA) is 51.0 Å². The number of rotatable bonds is 12. The van der Waals surface area contributed by atoms with Crippen molar-refractivity contribution < 1.29 is 4.52 Å². The smallest absolute Gasteiger partial charge is 0.231 e. The molecule has 4 heteroatoms. The van der Waals surface area contributed by atoms with Crippen molar-refractivity contribution in [3.63, 3.8) is 0 Å². The highest BCUT2D eigenvalue weighted by Gasteiger charge is 2.21. The van der Waals surface area contributed by atoms with Crippen LogP contribution in [0, 0.1) is 0 Å². The molecule has 1 fully saturated rings. The van der Waals surface area contributed by atoms with Crippen LogP contribution in [0.5, 0.6) is 0 Å². The van der Waals surface area contributed by atoms with E-state index in [1.807, 2.05) is 0 Å². The second kappa shape index (κ2) is 12.0. The van der Waals surface area contributed by atoms with Crippen LogP contribution in [0.25, 0.3) is 11.4 Å². The van der Waals surface area contributed by atoms with E-state index < -0.39 is 0 Å². The molecule has 0 bridgehead atoms. The number of hydrogen-bond acceptors (Lipinski definition) is 4. The number of benzene rings is 1. The average molecular weight is 384 g/mol. The van der Waals surface area contributed by atoms with Gasteiger partial charge in [-0.3, -0.25) is 0 Å². The highest BCUT2D eigenvalue weighted by molar-refractivity contribution is 5.54. The molecule has 0 unspecified atom stereocenters. The summed E-state index contributed by atoms with van der Waals surface area (Å²) in [5.74, 6) is 1.86. The van der Waals surface area contributed by atoms with Crippen LogP contribution < -0.4 is 5.32 Å². The van der Waals surface area contributed by atoms with Crippen molar-refractivity contribution in [1.82, 2.24) is 15.5 Å². The van der Waals surface area contributed by atoms with Gasteiger partial charge >= 0.3 is 0 Å². The van der Waals surface area contributed by atoms with Crippen molar-refractivity contribution in [2.75, 3.05) is 13.1 Å². The van der Waals surface area contributed by atoms with Crippen LogP contribution in [0.4, 0.5) is 0 Å². The fourth-order valence-electron chi connectivity index (χ4n) is 4.04. The van der Waals surface area contributed by atoms with Gasteiger partial charge in [-0.2, -0.15) is 4.98 Å². The van der Waals surface area contributed by atoms with E-state index in [2.05, 4.69) is 46.6 Å². The SMILES string of the molecule is CCCCCCCCCCCc1ccc(-c2noc([C@@H]3CCCNC3)n2)cc1. The van der Waals surface area contributed by atoms with Crippen LogP contribution in [-0.2, 0) is 6.42 Å². The number of nitrogens with one attached hydrogen (secondary N) is 1. The summed E-state index contributed by atoms with van der Waals surface area (Å²) in [6.45, 7) is 4.32. The largest absolute Gasteiger partial charge is 0.339 e. The normalized spacial score (nSPS) is 17.1. The molecule has 1 aliphatic rings. The highest BCUT2D eigenvalue weighted by Crippen LogP contribution is 2.25. The van der Waals surface area contributed by atoms with Gasteiger partial charge in [-0.05, 0) is 37.8 Å². The van der Waals surface area contributed by atoms with E-state index in [0.29, 0.717) is 5.92 Å². The van der Waals surface area contributed by atoms with Crippen LogP contribution in [-0.4, -0.2) is 23.2 Å². The molecule has 0 radical (unpaired) electrons. The van der Waals surface area contributed by atoms with Gasteiger partial charge in [-0.25, -0.2) is 0 Å². The van der Waals surface area contributed by atoms with E-state index in [1.54, 1.807) is 0 Å². The van der Waals surface area contributed by atoms with E-state index in [4.69, 9.17) is 4.52 Å². The minimum atomic E-state index is 0.362. The van der Waals surface area contributed by atoms with E-state index in [1.165, 1.54) is 76.2 Å². The van der Waals surface area contributed by atoms with Crippen LogP contribution in [0.2, 0.25) is 0 Å². The Morgan fingerprint density at radius 3 is 2.36 bits per heavy atom. The Morgan fingerprint density at radius 2 is 1.68 bits per heavy atom. The second-order valence-corrected chi connectivity index (χ2v) is 8.27. The Balaban J connectivity index is 1.36. The molecule has 28 heavy (non-hydrogen) atoms. The van der Waals surface area contributed by atoms with Crippen molar-refractivity contribution in [3.05, 3.63) is 35.7 Å². The summed E-state index contributed by atoms with van der Waals surface area (Å²) >= 11 is 0. The van der Waals surface area contributed by atoms with Crippen molar-refractivity contribution in [2.45, 2.75) is 89.9 Å². The molecular formula is C24H37N3O. The monoisotopic (exact) mass is 383 g/mol. The first-order chi connectivity index (χ1) is 13.9. The van der Waals surface area contributed by atoms with Gasteiger partial charge in [0.05, 0.1) is 5.92 Å². The van der Waals surface area contributed by atoms with Crippen molar-refractivity contribution in [1.29, 1.82) is 0 Å². The lowest BCUT2D eigenvalue weighted by atomic mass is 10.00. The zero-order valence-electron chi connectivity index (χ0n) is 17.6. The minimum Gasteiger partial charge on any atom is -0.339 e. The Bertz CT molecular complexity index is 659.